The molecule has 0 aliphatic heterocycles. The summed E-state index contributed by atoms with van der Waals surface area (Å²) in [6.45, 7) is 5.40. The maximum Gasteiger partial charge on any atom is 0.412 e. The molecule has 0 saturated carbocycles. The summed E-state index contributed by atoms with van der Waals surface area (Å²) in [4.78, 5) is 37.3. The molecule has 0 fully saturated rings. The molecule has 0 heterocycles. The highest BCUT2D eigenvalue weighted by atomic mass is 16.6. The van der Waals surface area contributed by atoms with Crippen LogP contribution in [0.3, 0.4) is 0 Å². The molecule has 1 aliphatic carbocycles. The number of hydrogen-bond acceptors (Lipinski definition) is 5. The molecule has 6 heteroatoms. The highest BCUT2D eigenvalue weighted by Crippen LogP contribution is 2.24. The number of fused-ring (bicyclic) bond motifs is 1. The van der Waals surface area contributed by atoms with Crippen LogP contribution in [0.2, 0.25) is 0 Å². The van der Waals surface area contributed by atoms with Crippen LogP contribution in [0.1, 0.15) is 52.6 Å². The zero-order chi connectivity index (χ0) is 25.0. The Hall–Kier alpha value is -4.63. The van der Waals surface area contributed by atoms with E-state index in [-0.39, 0.29) is 17.3 Å². The van der Waals surface area contributed by atoms with Gasteiger partial charge in [0.2, 0.25) is 5.78 Å². The molecular weight excluding hydrogens is 440 g/mol. The van der Waals surface area contributed by atoms with E-state index in [9.17, 15) is 14.4 Å². The maximum absolute atomic E-state index is 12.9. The first-order chi connectivity index (χ1) is 16.7. The van der Waals surface area contributed by atoms with Gasteiger partial charge in [-0.1, -0.05) is 48.2 Å². The maximum atomic E-state index is 12.9. The van der Waals surface area contributed by atoms with E-state index in [0.717, 1.165) is 5.56 Å². The van der Waals surface area contributed by atoms with Crippen molar-refractivity contribution in [3.05, 3.63) is 107 Å². The summed E-state index contributed by atoms with van der Waals surface area (Å²) in [5, 5.41) is 5.77. The van der Waals surface area contributed by atoms with Gasteiger partial charge in [0.25, 0.3) is 0 Å². The van der Waals surface area contributed by atoms with Crippen LogP contribution >= 0.6 is 0 Å². The number of para-hydroxylation sites is 1. The topological polar surface area (TPSA) is 84.5 Å². The van der Waals surface area contributed by atoms with E-state index in [0.29, 0.717) is 28.1 Å². The van der Waals surface area contributed by atoms with Gasteiger partial charge in [0.1, 0.15) is 5.60 Å². The smallest absolute Gasteiger partial charge is 0.412 e. The van der Waals surface area contributed by atoms with Gasteiger partial charge in [0.05, 0.1) is 11.4 Å². The number of hydrogen-bond donors (Lipinski definition) is 2. The molecule has 2 N–H and O–H groups in total. The fourth-order valence-corrected chi connectivity index (χ4v) is 3.45. The zero-order valence-electron chi connectivity index (χ0n) is 19.6. The van der Waals surface area contributed by atoms with Gasteiger partial charge in [0, 0.05) is 34.0 Å². The predicted molar refractivity (Wildman–Crippen MR) is 136 cm³/mol. The first-order valence-corrected chi connectivity index (χ1v) is 11.1. The number of ketones is 2. The van der Waals surface area contributed by atoms with Crippen LogP contribution in [-0.4, -0.2) is 23.3 Å². The molecule has 1 aliphatic rings. The Kier molecular flexibility index (Phi) is 6.52. The molecule has 4 rings (SSSR count). The lowest BCUT2D eigenvalue weighted by atomic mass is 9.92. The predicted octanol–water partition coefficient (Wildman–Crippen LogP) is 5.81. The Morgan fingerprint density at radius 3 is 2.20 bits per heavy atom. The van der Waals surface area contributed by atoms with E-state index in [1.807, 2.05) is 18.2 Å². The molecule has 3 aromatic carbocycles. The van der Waals surface area contributed by atoms with Crippen LogP contribution < -0.4 is 10.6 Å². The van der Waals surface area contributed by atoms with E-state index in [4.69, 9.17) is 4.74 Å². The van der Waals surface area contributed by atoms with E-state index in [1.165, 1.54) is 6.08 Å². The molecule has 0 atom stereocenters. The Morgan fingerprint density at radius 2 is 1.49 bits per heavy atom. The van der Waals surface area contributed by atoms with Crippen LogP contribution in [0.15, 0.2) is 84.6 Å². The van der Waals surface area contributed by atoms with Crippen LogP contribution in [-0.2, 0) is 4.74 Å². The molecule has 0 radical (unpaired) electrons. The third-order valence-corrected chi connectivity index (χ3v) is 5.03. The van der Waals surface area contributed by atoms with Crippen molar-refractivity contribution < 1.29 is 19.1 Å². The molecular formula is C29H24N2O4. The van der Waals surface area contributed by atoms with Gasteiger partial charge >= 0.3 is 6.09 Å². The Morgan fingerprint density at radius 1 is 0.829 bits per heavy atom. The van der Waals surface area contributed by atoms with Gasteiger partial charge in [-0.25, -0.2) is 4.79 Å². The lowest BCUT2D eigenvalue weighted by Crippen LogP contribution is -2.27. The van der Waals surface area contributed by atoms with E-state index in [2.05, 4.69) is 22.5 Å². The average Bonchev–Trinajstić information content (AvgIpc) is 2.81. The first kappa shape index (κ1) is 23.5. The molecule has 174 valence electrons. The second kappa shape index (κ2) is 9.70. The van der Waals surface area contributed by atoms with Gasteiger partial charge in [-0.05, 0) is 57.2 Å². The molecule has 35 heavy (non-hydrogen) atoms. The van der Waals surface area contributed by atoms with Crippen LogP contribution in [0.4, 0.5) is 16.2 Å². The van der Waals surface area contributed by atoms with Crippen molar-refractivity contribution in [1.29, 1.82) is 0 Å². The second-order valence-corrected chi connectivity index (χ2v) is 8.92. The number of carbonyl (C=O) groups excluding carboxylic acids is 3. The van der Waals surface area contributed by atoms with Crippen LogP contribution in [0.25, 0.3) is 0 Å². The molecule has 3 aromatic rings. The van der Waals surface area contributed by atoms with Crippen molar-refractivity contribution in [3.63, 3.8) is 0 Å². The average molecular weight is 465 g/mol. The fourth-order valence-electron chi connectivity index (χ4n) is 3.45. The molecule has 1 amide bonds. The number of rotatable bonds is 3. The molecule has 0 saturated heterocycles. The Bertz CT molecular complexity index is 1400. The number of Topliss-reactive ketones (excluding diaryl/α,β-unsaturated/α-hetero) is 1. The molecule has 6 nitrogen and oxygen atoms in total. The molecule has 0 aromatic heterocycles. The van der Waals surface area contributed by atoms with Crippen LogP contribution in [0, 0.1) is 11.8 Å². The van der Waals surface area contributed by atoms with Crippen molar-refractivity contribution in [2.45, 2.75) is 26.4 Å². The number of benzene rings is 3. The van der Waals surface area contributed by atoms with Crippen molar-refractivity contribution in [3.8, 4) is 11.8 Å². The van der Waals surface area contributed by atoms with Gasteiger partial charge in [-0.15, -0.1) is 0 Å². The number of nitrogens with one attached hydrogen (secondary N) is 2. The van der Waals surface area contributed by atoms with Crippen molar-refractivity contribution in [2.75, 3.05) is 10.6 Å². The largest absolute Gasteiger partial charge is 0.444 e. The third kappa shape index (κ3) is 5.84. The van der Waals surface area contributed by atoms with Gasteiger partial charge < -0.3 is 10.1 Å². The SMILES string of the molecule is CC(C)(C)OC(=O)Nc1ccc(C#Cc2ccccc2NC2=CC(=O)c3ccccc3C2=O)cc1. The molecule has 0 bridgehead atoms. The monoisotopic (exact) mass is 464 g/mol. The number of allylic oxidation sites excluding steroid dienone is 2. The summed E-state index contributed by atoms with van der Waals surface area (Å²) in [5.41, 5.74) is 3.04. The molecule has 0 spiro atoms. The summed E-state index contributed by atoms with van der Waals surface area (Å²) in [6.07, 6.45) is 0.801. The lowest BCUT2D eigenvalue weighted by molar-refractivity contribution is 0.0635. The zero-order valence-corrected chi connectivity index (χ0v) is 19.6. The van der Waals surface area contributed by atoms with Crippen molar-refractivity contribution in [2.24, 2.45) is 0 Å². The normalized spacial score (nSPS) is 12.6. The van der Waals surface area contributed by atoms with Crippen LogP contribution in [0.5, 0.6) is 0 Å². The summed E-state index contributed by atoms with van der Waals surface area (Å²) >= 11 is 0. The molecule has 0 unspecified atom stereocenters. The number of amides is 1. The standard InChI is InChI=1S/C29H24N2O4/c1-29(2,3)35-28(34)30-21-16-13-19(14-17-21)12-15-20-8-4-7-11-24(20)31-25-18-26(32)22-9-5-6-10-23(22)27(25)33/h4-11,13-14,16-18,31H,1-3H3,(H,30,34). The lowest BCUT2D eigenvalue weighted by Gasteiger charge is -2.19. The quantitative estimate of drug-likeness (QED) is 0.478. The first-order valence-electron chi connectivity index (χ1n) is 11.1. The minimum atomic E-state index is -0.577. The number of carbonyl (C=O) groups is 3. The fraction of sp³-hybridized carbons (Fsp3) is 0.138. The van der Waals surface area contributed by atoms with Gasteiger partial charge in [0.15, 0.2) is 5.78 Å². The highest BCUT2D eigenvalue weighted by Gasteiger charge is 2.25. The third-order valence-electron chi connectivity index (χ3n) is 5.03. The van der Waals surface area contributed by atoms with Gasteiger partial charge in [-0.3, -0.25) is 14.9 Å². The van der Waals surface area contributed by atoms with Gasteiger partial charge in [-0.2, -0.15) is 0 Å². The Labute approximate surface area is 204 Å². The number of anilines is 2. The summed E-state index contributed by atoms with van der Waals surface area (Å²) in [5.74, 6) is 5.74. The summed E-state index contributed by atoms with van der Waals surface area (Å²) < 4.78 is 5.25. The van der Waals surface area contributed by atoms with E-state index >= 15 is 0 Å². The highest BCUT2D eigenvalue weighted by molar-refractivity contribution is 6.25. The second-order valence-electron chi connectivity index (χ2n) is 8.92. The minimum absolute atomic E-state index is 0.209. The number of ether oxygens (including phenoxy) is 1. The van der Waals surface area contributed by atoms with Crippen molar-refractivity contribution in [1.82, 2.24) is 0 Å². The van der Waals surface area contributed by atoms with E-state index in [1.54, 1.807) is 75.4 Å². The Balaban J connectivity index is 1.50. The summed E-state index contributed by atoms with van der Waals surface area (Å²) in [6, 6.07) is 21.1. The van der Waals surface area contributed by atoms with Crippen molar-refractivity contribution >= 4 is 29.0 Å². The minimum Gasteiger partial charge on any atom is -0.444 e. The van der Waals surface area contributed by atoms with E-state index < -0.39 is 11.7 Å². The summed E-state index contributed by atoms with van der Waals surface area (Å²) in [7, 11) is 0.